The number of carbonyl (C=O) groups is 1. The summed E-state index contributed by atoms with van der Waals surface area (Å²) in [6, 6.07) is 6.96. The molecule has 2 aromatic rings. The molecule has 6 nitrogen and oxygen atoms in total. The van der Waals surface area contributed by atoms with Crippen molar-refractivity contribution in [1.82, 2.24) is 9.13 Å². The average molecular weight is 309 g/mol. The van der Waals surface area contributed by atoms with Crippen LogP contribution in [0.4, 0.5) is 0 Å². The standard InChI is InChI=1S/C14H13ClN2O4/c1-21-12(18)9-17-7-6-16(13(19)14(17)20)8-10-2-4-11(15)5-3-10/h2-7H,8-9H2,1H3. The van der Waals surface area contributed by atoms with Gasteiger partial charge in [-0.05, 0) is 17.7 Å². The maximum Gasteiger partial charge on any atom is 0.325 e. The van der Waals surface area contributed by atoms with Crippen molar-refractivity contribution in [3.05, 3.63) is 68.0 Å². The van der Waals surface area contributed by atoms with Gasteiger partial charge in [-0.2, -0.15) is 0 Å². The van der Waals surface area contributed by atoms with E-state index in [1.54, 1.807) is 24.3 Å². The van der Waals surface area contributed by atoms with E-state index in [9.17, 15) is 14.4 Å². The Labute approximate surface area is 125 Å². The van der Waals surface area contributed by atoms with Gasteiger partial charge in [0.1, 0.15) is 6.54 Å². The SMILES string of the molecule is COC(=O)Cn1ccn(Cc2ccc(Cl)cc2)c(=O)c1=O. The molecule has 0 unspecified atom stereocenters. The fourth-order valence-electron chi connectivity index (χ4n) is 1.78. The van der Waals surface area contributed by atoms with E-state index in [4.69, 9.17) is 11.6 Å². The van der Waals surface area contributed by atoms with E-state index in [1.807, 2.05) is 0 Å². The minimum atomic E-state index is -0.767. The number of nitrogens with zero attached hydrogens (tertiary/aromatic N) is 2. The van der Waals surface area contributed by atoms with Gasteiger partial charge in [-0.1, -0.05) is 23.7 Å². The van der Waals surface area contributed by atoms with E-state index in [0.717, 1.165) is 10.1 Å². The first-order valence-electron chi connectivity index (χ1n) is 6.12. The largest absolute Gasteiger partial charge is 0.468 e. The molecule has 2 rings (SSSR count). The molecule has 7 heteroatoms. The summed E-state index contributed by atoms with van der Waals surface area (Å²) < 4.78 is 6.76. The molecular formula is C14H13ClN2O4. The van der Waals surface area contributed by atoms with Crippen LogP contribution in [-0.4, -0.2) is 22.2 Å². The summed E-state index contributed by atoms with van der Waals surface area (Å²) in [4.78, 5) is 35.0. The zero-order chi connectivity index (χ0) is 15.4. The van der Waals surface area contributed by atoms with Crippen LogP contribution < -0.4 is 11.1 Å². The lowest BCUT2D eigenvalue weighted by Crippen LogP contribution is -2.41. The smallest absolute Gasteiger partial charge is 0.325 e. The highest BCUT2D eigenvalue weighted by atomic mass is 35.5. The lowest BCUT2D eigenvalue weighted by atomic mass is 10.2. The number of halogens is 1. The van der Waals surface area contributed by atoms with Gasteiger partial charge in [0.25, 0.3) is 0 Å². The first-order chi connectivity index (χ1) is 10.0. The summed E-state index contributed by atoms with van der Waals surface area (Å²) in [5, 5.41) is 0.597. The molecule has 0 aliphatic heterocycles. The van der Waals surface area contributed by atoms with E-state index in [-0.39, 0.29) is 13.1 Å². The lowest BCUT2D eigenvalue weighted by molar-refractivity contribution is -0.141. The molecule has 1 heterocycles. The van der Waals surface area contributed by atoms with E-state index in [1.165, 1.54) is 24.1 Å². The molecule has 0 spiro atoms. The highest BCUT2D eigenvalue weighted by Crippen LogP contribution is 2.09. The van der Waals surface area contributed by atoms with Gasteiger partial charge in [0, 0.05) is 17.4 Å². The highest BCUT2D eigenvalue weighted by molar-refractivity contribution is 6.30. The zero-order valence-corrected chi connectivity index (χ0v) is 12.0. The molecule has 1 aromatic heterocycles. The molecule has 0 radical (unpaired) electrons. The quantitative estimate of drug-likeness (QED) is 0.621. The number of hydrogen-bond acceptors (Lipinski definition) is 4. The monoisotopic (exact) mass is 308 g/mol. The third-order valence-electron chi connectivity index (χ3n) is 2.92. The second kappa shape index (κ2) is 6.41. The Bertz CT molecular complexity index is 762. The summed E-state index contributed by atoms with van der Waals surface area (Å²) in [5.41, 5.74) is -0.625. The number of methoxy groups -OCH3 is 1. The Kier molecular flexibility index (Phi) is 4.59. The molecule has 0 N–H and O–H groups in total. The number of carbonyl (C=O) groups excluding carboxylic acids is 1. The van der Waals surface area contributed by atoms with Gasteiger partial charge in [-0.15, -0.1) is 0 Å². The van der Waals surface area contributed by atoms with Crippen molar-refractivity contribution in [2.24, 2.45) is 0 Å². The van der Waals surface area contributed by atoms with Crippen molar-refractivity contribution in [2.75, 3.05) is 7.11 Å². The number of rotatable bonds is 4. The van der Waals surface area contributed by atoms with Crippen LogP contribution in [-0.2, 0) is 22.6 Å². The van der Waals surface area contributed by atoms with E-state index >= 15 is 0 Å². The van der Waals surface area contributed by atoms with Crippen molar-refractivity contribution in [3.8, 4) is 0 Å². The van der Waals surface area contributed by atoms with Gasteiger partial charge in [0.05, 0.1) is 13.7 Å². The molecule has 0 fully saturated rings. The summed E-state index contributed by atoms with van der Waals surface area (Å²) in [5.74, 6) is -0.591. The summed E-state index contributed by atoms with van der Waals surface area (Å²) in [6.07, 6.45) is 2.85. The molecule has 0 saturated carbocycles. The maximum absolute atomic E-state index is 12.0. The Morgan fingerprint density at radius 2 is 1.67 bits per heavy atom. The van der Waals surface area contributed by atoms with Crippen molar-refractivity contribution in [1.29, 1.82) is 0 Å². The fraction of sp³-hybridized carbons (Fsp3) is 0.214. The molecule has 0 aliphatic carbocycles. The topological polar surface area (TPSA) is 70.3 Å². The number of ether oxygens (including phenoxy) is 1. The van der Waals surface area contributed by atoms with Crippen LogP contribution in [0.3, 0.4) is 0 Å². The zero-order valence-electron chi connectivity index (χ0n) is 11.3. The third-order valence-corrected chi connectivity index (χ3v) is 3.18. The van der Waals surface area contributed by atoms with E-state index in [0.29, 0.717) is 5.02 Å². The first-order valence-corrected chi connectivity index (χ1v) is 6.50. The lowest BCUT2D eigenvalue weighted by Gasteiger charge is -2.08. The molecule has 21 heavy (non-hydrogen) atoms. The summed E-state index contributed by atoms with van der Waals surface area (Å²) in [6.45, 7) is -0.0311. The third kappa shape index (κ3) is 3.61. The number of benzene rings is 1. The van der Waals surface area contributed by atoms with Crippen molar-refractivity contribution < 1.29 is 9.53 Å². The molecule has 0 bridgehead atoms. The van der Waals surface area contributed by atoms with Gasteiger partial charge in [-0.25, -0.2) is 0 Å². The minimum absolute atomic E-state index is 0.254. The van der Waals surface area contributed by atoms with Crippen LogP contribution in [0, 0.1) is 0 Å². The minimum Gasteiger partial charge on any atom is -0.468 e. The molecule has 0 aliphatic rings. The number of aromatic nitrogens is 2. The average Bonchev–Trinajstić information content (AvgIpc) is 2.49. The predicted molar refractivity (Wildman–Crippen MR) is 77.5 cm³/mol. The molecule has 0 amide bonds. The second-order valence-electron chi connectivity index (χ2n) is 4.37. The fourth-order valence-corrected chi connectivity index (χ4v) is 1.91. The van der Waals surface area contributed by atoms with Crippen LogP contribution >= 0.6 is 11.6 Å². The predicted octanol–water partition coefficient (Wildman–Crippen LogP) is 0.885. The van der Waals surface area contributed by atoms with Gasteiger partial charge in [-0.3, -0.25) is 19.0 Å². The Hall–Kier alpha value is -2.34. The van der Waals surface area contributed by atoms with Gasteiger partial charge in [0.2, 0.25) is 0 Å². The second-order valence-corrected chi connectivity index (χ2v) is 4.80. The number of hydrogen-bond donors (Lipinski definition) is 0. The Morgan fingerprint density at radius 1 is 1.10 bits per heavy atom. The molecule has 0 atom stereocenters. The van der Waals surface area contributed by atoms with Gasteiger partial charge in [0.15, 0.2) is 0 Å². The van der Waals surface area contributed by atoms with Crippen LogP contribution in [0.5, 0.6) is 0 Å². The maximum atomic E-state index is 12.0. The van der Waals surface area contributed by atoms with Crippen molar-refractivity contribution in [3.63, 3.8) is 0 Å². The van der Waals surface area contributed by atoms with Gasteiger partial charge < -0.3 is 9.30 Å². The first kappa shape index (κ1) is 15.1. The normalized spacial score (nSPS) is 10.4. The van der Waals surface area contributed by atoms with Crippen LogP contribution in [0.1, 0.15) is 5.56 Å². The summed E-state index contributed by atoms with van der Waals surface area (Å²) in [7, 11) is 1.22. The van der Waals surface area contributed by atoms with Crippen LogP contribution in [0.25, 0.3) is 0 Å². The molecular weight excluding hydrogens is 296 g/mol. The van der Waals surface area contributed by atoms with Crippen molar-refractivity contribution in [2.45, 2.75) is 13.1 Å². The highest BCUT2D eigenvalue weighted by Gasteiger charge is 2.09. The van der Waals surface area contributed by atoms with Crippen LogP contribution in [0.2, 0.25) is 5.02 Å². The number of esters is 1. The van der Waals surface area contributed by atoms with Crippen molar-refractivity contribution >= 4 is 17.6 Å². The molecule has 0 saturated heterocycles. The van der Waals surface area contributed by atoms with Crippen LogP contribution in [0.15, 0.2) is 46.2 Å². The Balaban J connectivity index is 2.28. The van der Waals surface area contributed by atoms with E-state index < -0.39 is 17.1 Å². The molecule has 1 aromatic carbocycles. The Morgan fingerprint density at radius 3 is 2.29 bits per heavy atom. The van der Waals surface area contributed by atoms with Gasteiger partial charge >= 0.3 is 17.1 Å². The summed E-state index contributed by atoms with van der Waals surface area (Å²) >= 11 is 5.79. The molecule has 110 valence electrons. The van der Waals surface area contributed by atoms with E-state index in [2.05, 4.69) is 4.74 Å².